The quantitative estimate of drug-likeness (QED) is 0.602. The first-order chi connectivity index (χ1) is 13.8. The molecule has 0 atom stereocenters. The number of hydrogen-bond acceptors (Lipinski definition) is 4. The second-order valence-electron chi connectivity index (χ2n) is 7.16. The number of aryl methyl sites for hydroxylation is 1. The Morgan fingerprint density at radius 2 is 1.79 bits per heavy atom. The number of nitrogens with zero attached hydrogens (tertiary/aromatic N) is 1. The van der Waals surface area contributed by atoms with E-state index in [0.717, 1.165) is 28.3 Å². The minimum atomic E-state index is -0.144. The molecule has 2 aromatic carbocycles. The molecule has 0 unspecified atom stereocenters. The van der Waals surface area contributed by atoms with E-state index in [0.29, 0.717) is 19.4 Å². The number of hydrogen-bond donors (Lipinski definition) is 2. The van der Waals surface area contributed by atoms with Crippen LogP contribution in [-0.2, 0) is 16.0 Å². The fraction of sp³-hybridized carbons (Fsp3) is 0.304. The van der Waals surface area contributed by atoms with Crippen molar-refractivity contribution in [2.45, 2.75) is 19.8 Å². The summed E-state index contributed by atoms with van der Waals surface area (Å²) in [6, 6.07) is 15.0. The van der Waals surface area contributed by atoms with Crippen LogP contribution in [0.3, 0.4) is 0 Å². The van der Waals surface area contributed by atoms with E-state index in [9.17, 15) is 9.59 Å². The first-order valence-electron chi connectivity index (χ1n) is 9.53. The van der Waals surface area contributed by atoms with E-state index >= 15 is 0 Å². The van der Waals surface area contributed by atoms with E-state index in [1.165, 1.54) is 0 Å². The molecule has 2 rings (SSSR count). The first-order valence-corrected chi connectivity index (χ1v) is 9.53. The summed E-state index contributed by atoms with van der Waals surface area (Å²) in [5.41, 5.74) is 3.52. The maximum atomic E-state index is 12.2. The second-order valence-corrected chi connectivity index (χ2v) is 7.16. The molecule has 0 aliphatic rings. The van der Waals surface area contributed by atoms with E-state index in [-0.39, 0.29) is 18.4 Å². The minimum Gasteiger partial charge on any atom is -0.489 e. The van der Waals surface area contributed by atoms with E-state index in [4.69, 9.17) is 4.74 Å². The van der Waals surface area contributed by atoms with Gasteiger partial charge in [0.05, 0.1) is 6.54 Å². The van der Waals surface area contributed by atoms with Crippen molar-refractivity contribution in [3.8, 4) is 5.75 Å². The SMILES string of the molecule is C=C(C)COc1ccc(NCC(=O)Nc2cccc(CCC(=O)N(C)C)c2)cc1. The third-order valence-corrected chi connectivity index (χ3v) is 4.13. The predicted molar refractivity (Wildman–Crippen MR) is 117 cm³/mol. The molecule has 6 heteroatoms. The number of rotatable bonds is 10. The third kappa shape index (κ3) is 8.09. The summed E-state index contributed by atoms with van der Waals surface area (Å²) >= 11 is 0. The van der Waals surface area contributed by atoms with Gasteiger partial charge in [0.15, 0.2) is 0 Å². The molecule has 2 amide bonds. The highest BCUT2D eigenvalue weighted by Crippen LogP contribution is 2.16. The van der Waals surface area contributed by atoms with Gasteiger partial charge in [-0.3, -0.25) is 9.59 Å². The lowest BCUT2D eigenvalue weighted by Gasteiger charge is -2.11. The van der Waals surface area contributed by atoms with Gasteiger partial charge in [-0.25, -0.2) is 0 Å². The maximum absolute atomic E-state index is 12.2. The molecule has 0 aliphatic heterocycles. The minimum absolute atomic E-state index is 0.0830. The van der Waals surface area contributed by atoms with Crippen LogP contribution < -0.4 is 15.4 Å². The number of nitrogens with one attached hydrogen (secondary N) is 2. The van der Waals surface area contributed by atoms with Crippen molar-refractivity contribution in [2.24, 2.45) is 0 Å². The molecule has 0 fully saturated rings. The Bertz CT molecular complexity index is 845. The zero-order valence-corrected chi connectivity index (χ0v) is 17.3. The normalized spacial score (nSPS) is 10.2. The van der Waals surface area contributed by atoms with Crippen LogP contribution >= 0.6 is 0 Å². The van der Waals surface area contributed by atoms with Crippen molar-refractivity contribution in [1.29, 1.82) is 0 Å². The Hall–Kier alpha value is -3.28. The van der Waals surface area contributed by atoms with Gasteiger partial charge in [0.25, 0.3) is 0 Å². The summed E-state index contributed by atoms with van der Waals surface area (Å²) in [6.45, 7) is 6.34. The molecular formula is C23H29N3O3. The number of carbonyl (C=O) groups excluding carboxylic acids is 2. The third-order valence-electron chi connectivity index (χ3n) is 4.13. The summed E-state index contributed by atoms with van der Waals surface area (Å²) in [6.07, 6.45) is 1.08. The van der Waals surface area contributed by atoms with Gasteiger partial charge in [0.1, 0.15) is 12.4 Å². The lowest BCUT2D eigenvalue weighted by atomic mass is 10.1. The van der Waals surface area contributed by atoms with Crippen LogP contribution in [0.15, 0.2) is 60.7 Å². The summed E-state index contributed by atoms with van der Waals surface area (Å²) in [5.74, 6) is 0.696. The van der Waals surface area contributed by atoms with Gasteiger partial charge in [-0.15, -0.1) is 0 Å². The predicted octanol–water partition coefficient (Wildman–Crippen LogP) is 3.71. The molecule has 2 N–H and O–H groups in total. The van der Waals surface area contributed by atoms with E-state index in [1.54, 1.807) is 19.0 Å². The summed E-state index contributed by atoms with van der Waals surface area (Å²) in [5, 5.41) is 5.96. The van der Waals surface area contributed by atoms with Crippen molar-refractivity contribution < 1.29 is 14.3 Å². The zero-order chi connectivity index (χ0) is 21.2. The number of anilines is 2. The Labute approximate surface area is 172 Å². The number of ether oxygens (including phenoxy) is 1. The number of benzene rings is 2. The molecule has 0 saturated heterocycles. The van der Waals surface area contributed by atoms with Crippen LogP contribution in [0.1, 0.15) is 18.9 Å². The molecule has 29 heavy (non-hydrogen) atoms. The zero-order valence-electron chi connectivity index (χ0n) is 17.3. The average Bonchev–Trinajstić information content (AvgIpc) is 2.69. The van der Waals surface area contributed by atoms with Crippen LogP contribution in [0.5, 0.6) is 5.75 Å². The van der Waals surface area contributed by atoms with Crippen LogP contribution in [0.4, 0.5) is 11.4 Å². The van der Waals surface area contributed by atoms with E-state index < -0.39 is 0 Å². The smallest absolute Gasteiger partial charge is 0.243 e. The molecule has 0 bridgehead atoms. The van der Waals surface area contributed by atoms with Crippen molar-refractivity contribution in [3.05, 3.63) is 66.2 Å². The van der Waals surface area contributed by atoms with Gasteiger partial charge in [0.2, 0.25) is 11.8 Å². The average molecular weight is 396 g/mol. The monoisotopic (exact) mass is 395 g/mol. The van der Waals surface area contributed by atoms with Crippen LogP contribution in [-0.4, -0.2) is 44.0 Å². The fourth-order valence-corrected chi connectivity index (χ4v) is 2.54. The molecule has 0 spiro atoms. The second kappa shape index (κ2) is 10.9. The molecule has 0 saturated carbocycles. The van der Waals surface area contributed by atoms with Crippen molar-refractivity contribution in [2.75, 3.05) is 37.9 Å². The number of carbonyl (C=O) groups is 2. The highest BCUT2D eigenvalue weighted by molar-refractivity contribution is 5.93. The van der Waals surface area contributed by atoms with Crippen molar-refractivity contribution >= 4 is 23.2 Å². The highest BCUT2D eigenvalue weighted by Gasteiger charge is 2.07. The largest absolute Gasteiger partial charge is 0.489 e. The molecule has 0 aliphatic carbocycles. The van der Waals surface area contributed by atoms with Gasteiger partial charge in [-0.05, 0) is 60.9 Å². The summed E-state index contributed by atoms with van der Waals surface area (Å²) in [7, 11) is 3.49. The number of amides is 2. The molecule has 6 nitrogen and oxygen atoms in total. The summed E-state index contributed by atoms with van der Waals surface area (Å²) in [4.78, 5) is 25.5. The molecule has 0 heterocycles. The first kappa shape index (κ1) is 22.0. The van der Waals surface area contributed by atoms with Gasteiger partial charge in [-0.2, -0.15) is 0 Å². The van der Waals surface area contributed by atoms with Crippen LogP contribution in [0, 0.1) is 0 Å². The molecular weight excluding hydrogens is 366 g/mol. The van der Waals surface area contributed by atoms with Crippen molar-refractivity contribution in [3.63, 3.8) is 0 Å². The lowest BCUT2D eigenvalue weighted by Crippen LogP contribution is -2.22. The fourth-order valence-electron chi connectivity index (χ4n) is 2.54. The molecule has 154 valence electrons. The van der Waals surface area contributed by atoms with Crippen molar-refractivity contribution in [1.82, 2.24) is 4.90 Å². The van der Waals surface area contributed by atoms with Gasteiger partial charge in [-0.1, -0.05) is 18.7 Å². The molecule has 0 radical (unpaired) electrons. The van der Waals surface area contributed by atoms with Gasteiger partial charge in [0, 0.05) is 31.9 Å². The Kier molecular flexibility index (Phi) is 8.27. The highest BCUT2D eigenvalue weighted by atomic mass is 16.5. The van der Waals surface area contributed by atoms with Gasteiger partial charge >= 0.3 is 0 Å². The Morgan fingerprint density at radius 3 is 2.45 bits per heavy atom. The lowest BCUT2D eigenvalue weighted by molar-refractivity contribution is -0.128. The Balaban J connectivity index is 1.81. The topological polar surface area (TPSA) is 70.7 Å². The standard InChI is InChI=1S/C23H29N3O3/c1-17(2)16-29-21-11-9-19(10-12-21)24-15-22(27)25-20-7-5-6-18(14-20)8-13-23(28)26(3)4/h5-7,9-12,14,24H,1,8,13,15-16H2,2-4H3,(H,25,27). The van der Waals surface area contributed by atoms with E-state index in [1.807, 2.05) is 55.5 Å². The van der Waals surface area contributed by atoms with E-state index in [2.05, 4.69) is 17.2 Å². The molecule has 0 aromatic heterocycles. The summed E-state index contributed by atoms with van der Waals surface area (Å²) < 4.78 is 5.56. The maximum Gasteiger partial charge on any atom is 0.243 e. The molecule has 2 aromatic rings. The Morgan fingerprint density at radius 1 is 1.07 bits per heavy atom. The van der Waals surface area contributed by atoms with Crippen LogP contribution in [0.25, 0.3) is 0 Å². The van der Waals surface area contributed by atoms with Gasteiger partial charge < -0.3 is 20.3 Å². The van der Waals surface area contributed by atoms with Crippen LogP contribution in [0.2, 0.25) is 0 Å².